The van der Waals surface area contributed by atoms with Gasteiger partial charge in [-0.1, -0.05) is 29.8 Å². The maximum absolute atomic E-state index is 6.16. The molecule has 1 saturated heterocycles. The molecule has 1 fully saturated rings. The summed E-state index contributed by atoms with van der Waals surface area (Å²) in [6.07, 6.45) is 1.29. The molecule has 0 amide bonds. The van der Waals surface area contributed by atoms with Crippen LogP contribution < -0.4 is 5.73 Å². The molecule has 0 saturated carbocycles. The van der Waals surface area contributed by atoms with E-state index in [9.17, 15) is 0 Å². The number of hydrogen-bond acceptors (Lipinski definition) is 3. The van der Waals surface area contributed by atoms with Crippen LogP contribution in [-0.2, 0) is 0 Å². The van der Waals surface area contributed by atoms with Gasteiger partial charge in [-0.25, -0.2) is 0 Å². The number of rotatable bonds is 1. The van der Waals surface area contributed by atoms with E-state index in [1.165, 1.54) is 27.7 Å². The van der Waals surface area contributed by atoms with Gasteiger partial charge in [-0.3, -0.25) is 0 Å². The van der Waals surface area contributed by atoms with Crippen LogP contribution in [0.15, 0.2) is 28.5 Å². The molecule has 3 heteroatoms. The van der Waals surface area contributed by atoms with Crippen LogP contribution in [0.2, 0.25) is 0 Å². The minimum absolute atomic E-state index is 0.949. The Morgan fingerprint density at radius 3 is 2.33 bits per heavy atom. The topological polar surface area (TPSA) is 26.0 Å². The molecule has 2 rings (SSSR count). The molecule has 1 nitrogen and oxygen atoms in total. The Bertz CT molecular complexity index is 360. The molecule has 0 radical (unpaired) electrons. The van der Waals surface area contributed by atoms with E-state index in [1.807, 2.05) is 23.5 Å². The van der Waals surface area contributed by atoms with Crippen molar-refractivity contribution in [3.8, 4) is 0 Å². The highest BCUT2D eigenvalue weighted by Crippen LogP contribution is 2.38. The zero-order valence-electron chi connectivity index (χ0n) is 8.82. The summed E-state index contributed by atoms with van der Waals surface area (Å²) >= 11 is 3.78. The zero-order chi connectivity index (χ0) is 10.7. The van der Waals surface area contributed by atoms with Crippen LogP contribution in [-0.4, -0.2) is 11.5 Å². The van der Waals surface area contributed by atoms with E-state index >= 15 is 0 Å². The molecule has 0 atom stereocenters. The third kappa shape index (κ3) is 2.73. The highest BCUT2D eigenvalue weighted by atomic mass is 32.2. The Morgan fingerprint density at radius 1 is 1.13 bits per heavy atom. The van der Waals surface area contributed by atoms with Gasteiger partial charge in [-0.2, -0.15) is 0 Å². The quantitative estimate of drug-likeness (QED) is 0.810. The lowest BCUT2D eigenvalue weighted by Crippen LogP contribution is -2.02. The second-order valence-corrected chi connectivity index (χ2v) is 6.09. The van der Waals surface area contributed by atoms with Crippen molar-refractivity contribution < 1.29 is 0 Å². The molecule has 0 spiro atoms. The van der Waals surface area contributed by atoms with Crippen LogP contribution in [0.1, 0.15) is 17.5 Å². The molecule has 80 valence electrons. The molecule has 15 heavy (non-hydrogen) atoms. The molecule has 1 aliphatic rings. The standard InChI is InChI=1S/C12H15NS2/c1-9-3-5-10(6-4-9)11(13)12-14-7-2-8-15-12/h3-6H,2,7-8,13H2,1H3. The van der Waals surface area contributed by atoms with Gasteiger partial charge >= 0.3 is 0 Å². The normalized spacial score (nSPS) is 16.5. The fourth-order valence-electron chi connectivity index (χ4n) is 1.44. The Balaban J connectivity index is 2.25. The lowest BCUT2D eigenvalue weighted by Gasteiger charge is -2.15. The minimum atomic E-state index is 0.949. The second-order valence-electron chi connectivity index (χ2n) is 3.62. The van der Waals surface area contributed by atoms with E-state index in [0.29, 0.717) is 0 Å². The molecule has 1 heterocycles. The third-order valence-electron chi connectivity index (χ3n) is 2.34. The fourth-order valence-corrected chi connectivity index (χ4v) is 3.95. The van der Waals surface area contributed by atoms with Crippen molar-refractivity contribution in [3.63, 3.8) is 0 Å². The van der Waals surface area contributed by atoms with Gasteiger partial charge in [0.1, 0.15) is 0 Å². The average Bonchev–Trinajstić information content (AvgIpc) is 2.30. The predicted octanol–water partition coefficient (Wildman–Crippen LogP) is 3.45. The molecule has 1 aliphatic heterocycles. The molecule has 0 unspecified atom stereocenters. The first kappa shape index (κ1) is 11.0. The number of aryl methyl sites for hydroxylation is 1. The molecule has 0 aromatic heterocycles. The van der Waals surface area contributed by atoms with Crippen LogP contribution in [0, 0.1) is 6.92 Å². The van der Waals surface area contributed by atoms with Crippen LogP contribution in [0.25, 0.3) is 5.70 Å². The summed E-state index contributed by atoms with van der Waals surface area (Å²) in [5, 5.41) is 0. The van der Waals surface area contributed by atoms with E-state index in [-0.39, 0.29) is 0 Å². The van der Waals surface area contributed by atoms with Crippen molar-refractivity contribution >= 4 is 29.2 Å². The van der Waals surface area contributed by atoms with Gasteiger partial charge < -0.3 is 5.73 Å². The predicted molar refractivity (Wildman–Crippen MR) is 71.8 cm³/mol. The lowest BCUT2D eigenvalue weighted by molar-refractivity contribution is 1.12. The summed E-state index contributed by atoms with van der Waals surface area (Å²) in [5.41, 5.74) is 9.54. The highest BCUT2D eigenvalue weighted by molar-refractivity contribution is 8.23. The Morgan fingerprint density at radius 2 is 1.73 bits per heavy atom. The van der Waals surface area contributed by atoms with Gasteiger partial charge in [-0.15, -0.1) is 23.5 Å². The van der Waals surface area contributed by atoms with Crippen molar-refractivity contribution in [3.05, 3.63) is 39.6 Å². The summed E-state index contributed by atoms with van der Waals surface area (Å²) in [7, 11) is 0. The van der Waals surface area contributed by atoms with Gasteiger partial charge in [-0.05, 0) is 30.4 Å². The van der Waals surface area contributed by atoms with Crippen LogP contribution in [0.5, 0.6) is 0 Å². The number of thioether (sulfide) groups is 2. The fraction of sp³-hybridized carbons (Fsp3) is 0.333. The van der Waals surface area contributed by atoms with Crippen molar-refractivity contribution in [2.45, 2.75) is 13.3 Å². The Kier molecular flexibility index (Phi) is 3.65. The van der Waals surface area contributed by atoms with E-state index in [4.69, 9.17) is 5.73 Å². The Hall–Kier alpha value is -0.540. The number of nitrogens with two attached hydrogens (primary N) is 1. The number of benzene rings is 1. The largest absolute Gasteiger partial charge is 0.397 e. The lowest BCUT2D eigenvalue weighted by atomic mass is 10.1. The summed E-state index contributed by atoms with van der Waals surface area (Å²) in [6, 6.07) is 8.43. The molecular weight excluding hydrogens is 222 g/mol. The SMILES string of the molecule is Cc1ccc(C(N)=C2SCCCS2)cc1. The van der Waals surface area contributed by atoms with Crippen molar-refractivity contribution in [1.29, 1.82) is 0 Å². The molecule has 1 aromatic carbocycles. The summed E-state index contributed by atoms with van der Waals surface area (Å²) < 4.78 is 1.30. The van der Waals surface area contributed by atoms with Gasteiger partial charge in [0.05, 0.1) is 9.93 Å². The first-order valence-electron chi connectivity index (χ1n) is 5.10. The van der Waals surface area contributed by atoms with E-state index in [1.54, 1.807) is 0 Å². The molecule has 2 N–H and O–H groups in total. The summed E-state index contributed by atoms with van der Waals surface area (Å²) in [5.74, 6) is 2.41. The summed E-state index contributed by atoms with van der Waals surface area (Å²) in [6.45, 7) is 2.09. The molecule has 0 bridgehead atoms. The first-order valence-corrected chi connectivity index (χ1v) is 7.07. The van der Waals surface area contributed by atoms with Crippen molar-refractivity contribution in [2.75, 3.05) is 11.5 Å². The smallest absolute Gasteiger partial charge is 0.0638 e. The van der Waals surface area contributed by atoms with E-state index < -0.39 is 0 Å². The monoisotopic (exact) mass is 237 g/mol. The van der Waals surface area contributed by atoms with Gasteiger partial charge in [0.15, 0.2) is 0 Å². The summed E-state index contributed by atoms with van der Waals surface area (Å²) in [4.78, 5) is 0. The van der Waals surface area contributed by atoms with Gasteiger partial charge in [0.2, 0.25) is 0 Å². The zero-order valence-corrected chi connectivity index (χ0v) is 10.5. The maximum atomic E-state index is 6.16. The van der Waals surface area contributed by atoms with Gasteiger partial charge in [0, 0.05) is 0 Å². The minimum Gasteiger partial charge on any atom is -0.397 e. The van der Waals surface area contributed by atoms with Crippen LogP contribution in [0.4, 0.5) is 0 Å². The van der Waals surface area contributed by atoms with Gasteiger partial charge in [0.25, 0.3) is 0 Å². The average molecular weight is 237 g/mol. The molecular formula is C12H15NS2. The second kappa shape index (κ2) is 4.99. The van der Waals surface area contributed by atoms with Crippen molar-refractivity contribution in [1.82, 2.24) is 0 Å². The molecule has 0 aliphatic carbocycles. The van der Waals surface area contributed by atoms with Crippen LogP contribution >= 0.6 is 23.5 Å². The highest BCUT2D eigenvalue weighted by Gasteiger charge is 2.11. The molecule has 1 aromatic rings. The maximum Gasteiger partial charge on any atom is 0.0638 e. The Labute approximate surface area is 99.5 Å². The van der Waals surface area contributed by atoms with Crippen LogP contribution in [0.3, 0.4) is 0 Å². The van der Waals surface area contributed by atoms with Crippen molar-refractivity contribution in [2.24, 2.45) is 5.73 Å². The van der Waals surface area contributed by atoms with E-state index in [2.05, 4.69) is 31.2 Å². The number of hydrogen-bond donors (Lipinski definition) is 1. The first-order chi connectivity index (χ1) is 7.27. The van der Waals surface area contributed by atoms with E-state index in [0.717, 1.165) is 11.3 Å². The third-order valence-corrected chi connectivity index (χ3v) is 4.99.